The summed E-state index contributed by atoms with van der Waals surface area (Å²) in [5, 5.41) is 0. The van der Waals surface area contributed by atoms with E-state index in [1.54, 1.807) is 0 Å². The minimum atomic E-state index is 0.0191. The van der Waals surface area contributed by atoms with Gasteiger partial charge in [0, 0.05) is 24.5 Å². The van der Waals surface area contributed by atoms with Gasteiger partial charge in [0.2, 0.25) is 5.91 Å². The molecule has 76 valence electrons. The molecule has 3 nitrogen and oxygen atoms in total. The van der Waals surface area contributed by atoms with Gasteiger partial charge in [-0.3, -0.25) is 4.79 Å². The molecule has 0 aromatic carbocycles. The van der Waals surface area contributed by atoms with Gasteiger partial charge in [-0.2, -0.15) is 0 Å². The van der Waals surface area contributed by atoms with Gasteiger partial charge in [0.05, 0.1) is 0 Å². The van der Waals surface area contributed by atoms with E-state index >= 15 is 0 Å². The summed E-state index contributed by atoms with van der Waals surface area (Å²) in [6.07, 6.45) is 2.53. The van der Waals surface area contributed by atoms with Gasteiger partial charge in [0.25, 0.3) is 0 Å². The van der Waals surface area contributed by atoms with Crippen LogP contribution in [0.15, 0.2) is 0 Å². The van der Waals surface area contributed by atoms with E-state index in [9.17, 15) is 4.79 Å². The molecule has 1 heterocycles. The molecule has 0 aliphatic carbocycles. The van der Waals surface area contributed by atoms with Crippen molar-refractivity contribution in [3.05, 3.63) is 0 Å². The van der Waals surface area contributed by atoms with Crippen LogP contribution in [0.5, 0.6) is 0 Å². The zero-order valence-corrected chi connectivity index (χ0v) is 8.84. The van der Waals surface area contributed by atoms with E-state index in [0.717, 1.165) is 19.4 Å². The van der Waals surface area contributed by atoms with Gasteiger partial charge in [-0.25, -0.2) is 0 Å². The summed E-state index contributed by atoms with van der Waals surface area (Å²) in [7, 11) is 0. The Balaban J connectivity index is 2.75. The number of likely N-dealkylation sites (tertiary alicyclic amines) is 1. The molecule has 0 bridgehead atoms. The van der Waals surface area contributed by atoms with Crippen LogP contribution in [0.25, 0.3) is 0 Å². The lowest BCUT2D eigenvalue weighted by Gasteiger charge is -2.37. The molecule has 1 unspecified atom stereocenters. The maximum absolute atomic E-state index is 11.6. The van der Waals surface area contributed by atoms with E-state index in [2.05, 4.69) is 20.8 Å². The van der Waals surface area contributed by atoms with Gasteiger partial charge in [0.1, 0.15) is 0 Å². The Bertz CT molecular complexity index is 199. The number of hydrogen-bond donors (Lipinski definition) is 1. The summed E-state index contributed by atoms with van der Waals surface area (Å²) in [5.74, 6) is 0.221. The first-order valence-corrected chi connectivity index (χ1v) is 5.09. The van der Waals surface area contributed by atoms with Crippen LogP contribution in [0.2, 0.25) is 0 Å². The minimum absolute atomic E-state index is 0.0191. The van der Waals surface area contributed by atoms with Gasteiger partial charge >= 0.3 is 0 Å². The molecule has 1 aliphatic heterocycles. The lowest BCUT2D eigenvalue weighted by atomic mass is 9.93. The van der Waals surface area contributed by atoms with Gasteiger partial charge in [-0.1, -0.05) is 13.8 Å². The smallest absolute Gasteiger partial charge is 0.224 e. The van der Waals surface area contributed by atoms with Crippen molar-refractivity contribution in [3.8, 4) is 0 Å². The van der Waals surface area contributed by atoms with Crippen LogP contribution in [0.3, 0.4) is 0 Å². The molecule has 1 atom stereocenters. The summed E-state index contributed by atoms with van der Waals surface area (Å²) < 4.78 is 0. The third-order valence-electron chi connectivity index (χ3n) is 3.33. The molecule has 1 amide bonds. The average molecular weight is 184 g/mol. The van der Waals surface area contributed by atoms with Gasteiger partial charge in [-0.15, -0.1) is 0 Å². The molecule has 1 fully saturated rings. The third-order valence-corrected chi connectivity index (χ3v) is 3.33. The maximum Gasteiger partial charge on any atom is 0.224 e. The summed E-state index contributed by atoms with van der Waals surface area (Å²) in [5.41, 5.74) is 5.78. The van der Waals surface area contributed by atoms with E-state index in [1.165, 1.54) is 0 Å². The lowest BCUT2D eigenvalue weighted by molar-refractivity contribution is -0.133. The van der Waals surface area contributed by atoms with E-state index in [-0.39, 0.29) is 17.5 Å². The Kier molecular flexibility index (Phi) is 2.96. The third kappa shape index (κ3) is 1.85. The van der Waals surface area contributed by atoms with Crippen molar-refractivity contribution in [2.45, 2.75) is 51.6 Å². The highest BCUT2D eigenvalue weighted by Crippen LogP contribution is 2.27. The monoisotopic (exact) mass is 184 g/mol. The first kappa shape index (κ1) is 10.5. The Morgan fingerprint density at radius 2 is 2.08 bits per heavy atom. The molecule has 0 radical (unpaired) electrons. The fourth-order valence-corrected chi connectivity index (χ4v) is 1.89. The highest BCUT2D eigenvalue weighted by Gasteiger charge is 2.37. The number of nitrogens with zero attached hydrogens (tertiary/aromatic N) is 1. The van der Waals surface area contributed by atoms with Crippen molar-refractivity contribution in [2.24, 2.45) is 5.73 Å². The first-order chi connectivity index (χ1) is 6.03. The molecule has 1 aliphatic rings. The fourth-order valence-electron chi connectivity index (χ4n) is 1.89. The van der Waals surface area contributed by atoms with Crippen LogP contribution in [0, 0.1) is 0 Å². The van der Waals surface area contributed by atoms with Crippen molar-refractivity contribution in [3.63, 3.8) is 0 Å². The predicted molar refractivity (Wildman–Crippen MR) is 53.3 cm³/mol. The first-order valence-electron chi connectivity index (χ1n) is 5.09. The topological polar surface area (TPSA) is 46.3 Å². The van der Waals surface area contributed by atoms with Crippen molar-refractivity contribution >= 4 is 5.91 Å². The van der Waals surface area contributed by atoms with E-state index in [4.69, 9.17) is 5.73 Å². The zero-order chi connectivity index (χ0) is 10.1. The molecule has 13 heavy (non-hydrogen) atoms. The Labute approximate surface area is 80.3 Å². The Morgan fingerprint density at radius 1 is 1.54 bits per heavy atom. The molecule has 0 spiro atoms. The number of nitrogens with two attached hydrogens (primary N) is 1. The highest BCUT2D eigenvalue weighted by atomic mass is 16.2. The van der Waals surface area contributed by atoms with E-state index in [1.807, 2.05) is 4.90 Å². The minimum Gasteiger partial charge on any atom is -0.336 e. The quantitative estimate of drug-likeness (QED) is 0.714. The molecule has 1 saturated heterocycles. The van der Waals surface area contributed by atoms with Crippen LogP contribution in [0.4, 0.5) is 0 Å². The average Bonchev–Trinajstić information content (AvgIpc) is 2.44. The Hall–Kier alpha value is -0.570. The van der Waals surface area contributed by atoms with E-state index < -0.39 is 0 Å². The molecule has 0 aromatic rings. The normalized spacial score (nSPS) is 24.2. The van der Waals surface area contributed by atoms with Crippen LogP contribution >= 0.6 is 0 Å². The highest BCUT2D eigenvalue weighted by molar-refractivity contribution is 5.80. The summed E-state index contributed by atoms with van der Waals surface area (Å²) in [6, 6.07) is 0.0462. The van der Waals surface area contributed by atoms with Crippen LogP contribution in [-0.4, -0.2) is 28.9 Å². The molecule has 1 rings (SSSR count). The number of carbonyl (C=O) groups excluding carboxylic acids is 1. The summed E-state index contributed by atoms with van der Waals surface area (Å²) >= 11 is 0. The second kappa shape index (κ2) is 3.66. The SMILES string of the molecule is CCC(C)(CC)N1CC(N)CC1=O. The van der Waals surface area contributed by atoms with Crippen LogP contribution in [-0.2, 0) is 4.79 Å². The summed E-state index contributed by atoms with van der Waals surface area (Å²) in [6.45, 7) is 7.13. The second-order valence-corrected chi connectivity index (χ2v) is 4.17. The number of carbonyl (C=O) groups is 1. The van der Waals surface area contributed by atoms with Gasteiger partial charge in [-0.05, 0) is 19.8 Å². The van der Waals surface area contributed by atoms with Crippen LogP contribution < -0.4 is 5.73 Å². The van der Waals surface area contributed by atoms with Crippen molar-refractivity contribution in [2.75, 3.05) is 6.54 Å². The number of amides is 1. The van der Waals surface area contributed by atoms with Gasteiger partial charge < -0.3 is 10.6 Å². The predicted octanol–water partition coefficient (Wildman–Crippen LogP) is 1.12. The molecule has 0 saturated carbocycles. The molecule has 3 heteroatoms. The van der Waals surface area contributed by atoms with Crippen molar-refractivity contribution in [1.29, 1.82) is 0 Å². The number of hydrogen-bond acceptors (Lipinski definition) is 2. The maximum atomic E-state index is 11.6. The lowest BCUT2D eigenvalue weighted by Crippen LogP contribution is -2.47. The molecular formula is C10H20N2O. The standard InChI is InChI=1S/C10H20N2O/c1-4-10(3,5-2)12-7-8(11)6-9(12)13/h8H,4-7,11H2,1-3H3. The summed E-state index contributed by atoms with van der Waals surface area (Å²) in [4.78, 5) is 13.6. The van der Waals surface area contributed by atoms with Crippen LogP contribution in [0.1, 0.15) is 40.0 Å². The molecule has 2 N–H and O–H groups in total. The van der Waals surface area contributed by atoms with Crippen molar-refractivity contribution < 1.29 is 4.79 Å². The fraction of sp³-hybridized carbons (Fsp3) is 0.900. The van der Waals surface area contributed by atoms with Crippen molar-refractivity contribution in [1.82, 2.24) is 4.90 Å². The largest absolute Gasteiger partial charge is 0.336 e. The molecular weight excluding hydrogens is 164 g/mol. The van der Waals surface area contributed by atoms with E-state index in [0.29, 0.717) is 6.42 Å². The Morgan fingerprint density at radius 3 is 2.38 bits per heavy atom. The van der Waals surface area contributed by atoms with Gasteiger partial charge in [0.15, 0.2) is 0 Å². The number of rotatable bonds is 3. The second-order valence-electron chi connectivity index (χ2n) is 4.17. The zero-order valence-electron chi connectivity index (χ0n) is 8.84. The molecule has 0 aromatic heterocycles.